The van der Waals surface area contributed by atoms with E-state index in [-0.39, 0.29) is 10.9 Å². The topological polar surface area (TPSA) is 74.3 Å². The Hall–Kier alpha value is -1.18. The van der Waals surface area contributed by atoms with Gasteiger partial charge in [0.2, 0.25) is 0 Å². The lowest BCUT2D eigenvalue weighted by atomic mass is 10.2. The first-order valence-electron chi connectivity index (χ1n) is 7.37. The Labute approximate surface area is 127 Å². The van der Waals surface area contributed by atoms with Crippen molar-refractivity contribution in [3.63, 3.8) is 0 Å². The highest BCUT2D eigenvalue weighted by atomic mass is 32.2. The summed E-state index contributed by atoms with van der Waals surface area (Å²) in [6, 6.07) is 3.41. The van der Waals surface area contributed by atoms with Gasteiger partial charge < -0.3 is 10.2 Å². The fourth-order valence-corrected chi connectivity index (χ4v) is 3.89. The molecule has 1 unspecified atom stereocenters. The van der Waals surface area contributed by atoms with Crippen molar-refractivity contribution in [2.24, 2.45) is 5.92 Å². The van der Waals surface area contributed by atoms with Crippen LogP contribution in [0.1, 0.15) is 19.8 Å². The number of pyridine rings is 1. The first kappa shape index (κ1) is 16.2. The van der Waals surface area contributed by atoms with Crippen LogP contribution >= 0.6 is 0 Å². The minimum Gasteiger partial charge on any atom is -0.386 e. The predicted octanol–water partition coefficient (Wildman–Crippen LogP) is 1.13. The van der Waals surface area contributed by atoms with Crippen molar-refractivity contribution >= 4 is 15.7 Å². The van der Waals surface area contributed by atoms with Crippen molar-refractivity contribution in [1.82, 2.24) is 14.6 Å². The van der Waals surface area contributed by atoms with Crippen LogP contribution < -0.4 is 10.0 Å². The van der Waals surface area contributed by atoms with Crippen LogP contribution in [0.2, 0.25) is 0 Å². The van der Waals surface area contributed by atoms with E-state index in [1.807, 2.05) is 0 Å². The van der Waals surface area contributed by atoms with Gasteiger partial charge in [-0.25, -0.2) is 18.1 Å². The van der Waals surface area contributed by atoms with E-state index in [2.05, 4.69) is 26.8 Å². The predicted molar refractivity (Wildman–Crippen MR) is 83.8 cm³/mol. The normalized spacial score (nSPS) is 17.8. The number of hydrogen-bond donors (Lipinski definition) is 2. The lowest BCUT2D eigenvalue weighted by Crippen LogP contribution is -2.35. The van der Waals surface area contributed by atoms with Crippen LogP contribution in [0.15, 0.2) is 23.4 Å². The summed E-state index contributed by atoms with van der Waals surface area (Å²) < 4.78 is 27.3. The number of aromatic nitrogens is 1. The minimum absolute atomic E-state index is 0.0564. The molecule has 0 radical (unpaired) electrons. The van der Waals surface area contributed by atoms with Gasteiger partial charge in [0.1, 0.15) is 0 Å². The molecule has 0 aliphatic carbocycles. The summed E-state index contributed by atoms with van der Waals surface area (Å²) in [6.07, 6.45) is 3.99. The summed E-state index contributed by atoms with van der Waals surface area (Å²) in [4.78, 5) is 6.37. The smallest absolute Gasteiger partial charge is 0.260 e. The maximum absolute atomic E-state index is 12.3. The number of rotatable bonds is 7. The zero-order valence-electron chi connectivity index (χ0n) is 12.7. The largest absolute Gasteiger partial charge is 0.386 e. The third kappa shape index (κ3) is 4.39. The van der Waals surface area contributed by atoms with E-state index in [1.54, 1.807) is 19.2 Å². The molecule has 0 aromatic carbocycles. The maximum atomic E-state index is 12.3. The first-order valence-corrected chi connectivity index (χ1v) is 8.86. The van der Waals surface area contributed by atoms with Gasteiger partial charge in [0, 0.05) is 26.3 Å². The summed E-state index contributed by atoms with van der Waals surface area (Å²) in [7, 11) is -1.89. The molecule has 1 aliphatic heterocycles. The number of nitrogens with one attached hydrogen (secondary N) is 2. The van der Waals surface area contributed by atoms with Gasteiger partial charge in [-0.15, -0.1) is 0 Å². The van der Waals surface area contributed by atoms with Crippen molar-refractivity contribution in [3.8, 4) is 0 Å². The number of anilines is 1. The van der Waals surface area contributed by atoms with Gasteiger partial charge in [-0.2, -0.15) is 0 Å². The van der Waals surface area contributed by atoms with E-state index >= 15 is 0 Å². The molecule has 0 saturated carbocycles. The molecule has 1 aromatic heterocycles. The Bertz CT molecular complexity index is 556. The molecule has 2 rings (SSSR count). The van der Waals surface area contributed by atoms with Gasteiger partial charge >= 0.3 is 0 Å². The molecule has 1 saturated heterocycles. The SMILES string of the molecule is CNc1cccnc1S(=O)(=O)NCC(C)CN1CCCC1. The van der Waals surface area contributed by atoms with Gasteiger partial charge in [-0.3, -0.25) is 0 Å². The maximum Gasteiger partial charge on any atom is 0.260 e. The second kappa shape index (κ2) is 7.20. The Morgan fingerprint density at radius 3 is 2.76 bits per heavy atom. The van der Waals surface area contributed by atoms with Crippen LogP contribution in [0.5, 0.6) is 0 Å². The third-order valence-electron chi connectivity index (χ3n) is 3.69. The van der Waals surface area contributed by atoms with Crippen LogP contribution in [0.3, 0.4) is 0 Å². The lowest BCUT2D eigenvalue weighted by Gasteiger charge is -2.20. The molecule has 0 spiro atoms. The summed E-state index contributed by atoms with van der Waals surface area (Å²) in [5, 5.41) is 2.91. The number of likely N-dealkylation sites (tertiary alicyclic amines) is 1. The minimum atomic E-state index is -3.57. The second-order valence-electron chi connectivity index (χ2n) is 5.57. The molecule has 6 nitrogen and oxygen atoms in total. The fraction of sp³-hybridized carbons (Fsp3) is 0.643. The quantitative estimate of drug-likeness (QED) is 0.789. The summed E-state index contributed by atoms with van der Waals surface area (Å²) in [5.74, 6) is 0.277. The average Bonchev–Trinajstić information content (AvgIpc) is 2.98. The Kier molecular flexibility index (Phi) is 5.55. The van der Waals surface area contributed by atoms with Crippen LogP contribution in [0, 0.1) is 5.92 Å². The van der Waals surface area contributed by atoms with E-state index < -0.39 is 10.0 Å². The molecule has 0 amide bonds. The van der Waals surface area contributed by atoms with Crippen LogP contribution in [0.4, 0.5) is 5.69 Å². The standard InChI is InChI=1S/C14H24N4O2S/c1-12(11-18-8-3-4-9-18)10-17-21(19,20)14-13(15-2)6-5-7-16-14/h5-7,12,15,17H,3-4,8-11H2,1-2H3. The highest BCUT2D eigenvalue weighted by molar-refractivity contribution is 7.89. The van der Waals surface area contributed by atoms with Gasteiger partial charge in [-0.05, 0) is 44.0 Å². The molecule has 1 aromatic rings. The van der Waals surface area contributed by atoms with Crippen LogP contribution in [0.25, 0.3) is 0 Å². The van der Waals surface area contributed by atoms with Gasteiger partial charge in [0.25, 0.3) is 10.0 Å². The van der Waals surface area contributed by atoms with Crippen LogP contribution in [-0.4, -0.2) is 51.5 Å². The highest BCUT2D eigenvalue weighted by Gasteiger charge is 2.21. The number of hydrogen-bond acceptors (Lipinski definition) is 5. The molecule has 2 N–H and O–H groups in total. The summed E-state index contributed by atoms with van der Waals surface area (Å²) >= 11 is 0. The molecule has 2 heterocycles. The molecular formula is C14H24N4O2S. The third-order valence-corrected chi connectivity index (χ3v) is 5.07. The Morgan fingerprint density at radius 1 is 1.38 bits per heavy atom. The molecular weight excluding hydrogens is 288 g/mol. The summed E-state index contributed by atoms with van der Waals surface area (Å²) in [6.45, 7) is 5.68. The van der Waals surface area contributed by atoms with Gasteiger partial charge in [0.15, 0.2) is 5.03 Å². The van der Waals surface area contributed by atoms with E-state index in [0.29, 0.717) is 12.2 Å². The molecule has 7 heteroatoms. The first-order chi connectivity index (χ1) is 10.0. The molecule has 1 atom stereocenters. The molecule has 118 valence electrons. The van der Waals surface area contributed by atoms with Crippen molar-refractivity contribution in [3.05, 3.63) is 18.3 Å². The van der Waals surface area contributed by atoms with E-state index in [4.69, 9.17) is 0 Å². The molecule has 21 heavy (non-hydrogen) atoms. The number of sulfonamides is 1. The van der Waals surface area contributed by atoms with Crippen molar-refractivity contribution in [2.75, 3.05) is 38.5 Å². The van der Waals surface area contributed by atoms with Crippen molar-refractivity contribution in [2.45, 2.75) is 24.8 Å². The average molecular weight is 312 g/mol. The Morgan fingerprint density at radius 2 is 2.10 bits per heavy atom. The van der Waals surface area contributed by atoms with Gasteiger partial charge in [0.05, 0.1) is 5.69 Å². The molecule has 1 aliphatic rings. The van der Waals surface area contributed by atoms with E-state index in [1.165, 1.54) is 19.0 Å². The molecule has 1 fully saturated rings. The fourth-order valence-electron chi connectivity index (χ4n) is 2.59. The highest BCUT2D eigenvalue weighted by Crippen LogP contribution is 2.17. The second-order valence-corrected chi connectivity index (χ2v) is 7.25. The lowest BCUT2D eigenvalue weighted by molar-refractivity contribution is 0.288. The van der Waals surface area contributed by atoms with E-state index in [9.17, 15) is 8.42 Å². The number of nitrogens with zero attached hydrogens (tertiary/aromatic N) is 2. The summed E-state index contributed by atoms with van der Waals surface area (Å²) in [5.41, 5.74) is 0.511. The van der Waals surface area contributed by atoms with Gasteiger partial charge in [-0.1, -0.05) is 6.92 Å². The zero-order valence-corrected chi connectivity index (χ0v) is 13.5. The molecule has 0 bridgehead atoms. The Balaban J connectivity index is 1.94. The monoisotopic (exact) mass is 312 g/mol. The zero-order chi connectivity index (χ0) is 15.3. The van der Waals surface area contributed by atoms with Crippen molar-refractivity contribution in [1.29, 1.82) is 0 Å². The van der Waals surface area contributed by atoms with E-state index in [0.717, 1.165) is 19.6 Å². The van der Waals surface area contributed by atoms with Crippen molar-refractivity contribution < 1.29 is 8.42 Å². The van der Waals surface area contributed by atoms with Crippen LogP contribution in [-0.2, 0) is 10.0 Å².